The molecule has 0 aliphatic heterocycles. The van der Waals surface area contributed by atoms with Crippen LogP contribution < -0.4 is 11.1 Å². The average Bonchev–Trinajstić information content (AvgIpc) is 3.29. The molecule has 5 rings (SSSR count). The van der Waals surface area contributed by atoms with Crippen LogP contribution in [-0.4, -0.2) is 35.6 Å². The Morgan fingerprint density at radius 1 is 1.11 bits per heavy atom. The van der Waals surface area contributed by atoms with Crippen LogP contribution in [0.5, 0.6) is 0 Å². The van der Waals surface area contributed by atoms with Crippen molar-refractivity contribution in [1.82, 2.24) is 35.0 Å². The van der Waals surface area contributed by atoms with Crippen molar-refractivity contribution in [2.75, 3.05) is 5.73 Å². The van der Waals surface area contributed by atoms with E-state index in [2.05, 4.69) is 30.4 Å². The van der Waals surface area contributed by atoms with Crippen LogP contribution in [0.25, 0.3) is 33.5 Å². The predicted molar refractivity (Wildman–Crippen MR) is 129 cm³/mol. The molecule has 9 nitrogen and oxygen atoms in total. The lowest BCUT2D eigenvalue weighted by atomic mass is 10.0. The molecule has 0 saturated heterocycles. The smallest absolute Gasteiger partial charge is 0.274 e. The van der Waals surface area contributed by atoms with Crippen molar-refractivity contribution in [2.45, 2.75) is 13.5 Å². The number of carbonyl (C=O) groups excluding carboxylic acids is 1. The van der Waals surface area contributed by atoms with Gasteiger partial charge >= 0.3 is 0 Å². The maximum atomic E-state index is 13.4. The molecule has 4 heterocycles. The van der Waals surface area contributed by atoms with Crippen LogP contribution in [0, 0.1) is 12.7 Å². The lowest BCUT2D eigenvalue weighted by Gasteiger charge is -2.13. The molecule has 3 N–H and O–H groups in total. The highest BCUT2D eigenvalue weighted by Crippen LogP contribution is 2.31. The molecular formula is C25H21FN8O. The molecule has 4 aromatic heterocycles. The Hall–Kier alpha value is -4.73. The van der Waals surface area contributed by atoms with E-state index in [9.17, 15) is 9.18 Å². The summed E-state index contributed by atoms with van der Waals surface area (Å²) in [6.07, 6.45) is 4.63. The molecule has 0 atom stereocenters. The van der Waals surface area contributed by atoms with E-state index in [1.807, 2.05) is 30.3 Å². The first-order valence-electron chi connectivity index (χ1n) is 10.8. The first-order chi connectivity index (χ1) is 16.9. The van der Waals surface area contributed by atoms with Crippen molar-refractivity contribution in [1.29, 1.82) is 0 Å². The SMILES string of the molecule is Cc1cc(F)cnc1CNC(=O)c1nc(-c2ccc3ncccc3c2)c(-c2ccn(C)n2)nc1N. The van der Waals surface area contributed by atoms with Crippen LogP contribution in [0.15, 0.2) is 61.1 Å². The first kappa shape index (κ1) is 22.1. The molecule has 5 aromatic rings. The number of aryl methyl sites for hydroxylation is 2. The molecule has 0 aliphatic carbocycles. The minimum atomic E-state index is -0.517. The summed E-state index contributed by atoms with van der Waals surface area (Å²) in [6, 6.07) is 12.6. The van der Waals surface area contributed by atoms with Gasteiger partial charge in [-0.25, -0.2) is 14.4 Å². The summed E-state index contributed by atoms with van der Waals surface area (Å²) in [6.45, 7) is 1.81. The molecular weight excluding hydrogens is 447 g/mol. The Kier molecular flexibility index (Phi) is 5.61. The van der Waals surface area contributed by atoms with E-state index in [0.717, 1.165) is 22.7 Å². The van der Waals surface area contributed by atoms with Crippen LogP contribution in [-0.2, 0) is 13.6 Å². The highest BCUT2D eigenvalue weighted by Gasteiger charge is 2.21. The molecule has 0 aliphatic rings. The number of benzene rings is 1. The summed E-state index contributed by atoms with van der Waals surface area (Å²) in [5.41, 5.74) is 10.4. The van der Waals surface area contributed by atoms with Gasteiger partial charge in [-0.15, -0.1) is 0 Å². The van der Waals surface area contributed by atoms with Crippen LogP contribution in [0.4, 0.5) is 10.2 Å². The van der Waals surface area contributed by atoms with E-state index in [0.29, 0.717) is 28.3 Å². The van der Waals surface area contributed by atoms with Crippen LogP contribution in [0.1, 0.15) is 21.7 Å². The van der Waals surface area contributed by atoms with Gasteiger partial charge in [0.25, 0.3) is 5.91 Å². The molecule has 1 aromatic carbocycles. The fourth-order valence-corrected chi connectivity index (χ4v) is 3.76. The largest absolute Gasteiger partial charge is 0.382 e. The molecule has 0 radical (unpaired) electrons. The summed E-state index contributed by atoms with van der Waals surface area (Å²) in [5.74, 6) is -0.983. The highest BCUT2D eigenvalue weighted by atomic mass is 19.1. The van der Waals surface area contributed by atoms with Gasteiger partial charge < -0.3 is 11.1 Å². The number of hydrogen-bond acceptors (Lipinski definition) is 7. The maximum absolute atomic E-state index is 13.4. The number of aromatic nitrogens is 6. The van der Waals surface area contributed by atoms with Crippen molar-refractivity contribution in [3.05, 3.63) is 83.8 Å². The number of amides is 1. The molecule has 0 fully saturated rings. The molecule has 174 valence electrons. The van der Waals surface area contributed by atoms with Crippen molar-refractivity contribution in [3.63, 3.8) is 0 Å². The van der Waals surface area contributed by atoms with Gasteiger partial charge in [-0.05, 0) is 42.8 Å². The second-order valence-corrected chi connectivity index (χ2v) is 8.04. The monoisotopic (exact) mass is 468 g/mol. The standard InChI is InChI=1S/C25H21FN8O/c1-14-10-17(26)12-29-20(14)13-30-25(35)23-24(27)32-22(19-7-9-34(2)33-19)21(31-23)16-5-6-18-15(11-16)4-3-8-28-18/h3-12H,13H2,1-2H3,(H2,27,32)(H,30,35). The number of nitrogen functional groups attached to an aromatic ring is 1. The Morgan fingerprint density at radius 3 is 2.74 bits per heavy atom. The third-order valence-corrected chi connectivity index (χ3v) is 5.54. The van der Waals surface area contributed by atoms with Gasteiger partial charge in [-0.2, -0.15) is 5.10 Å². The fourth-order valence-electron chi connectivity index (χ4n) is 3.76. The lowest BCUT2D eigenvalue weighted by molar-refractivity contribution is 0.0946. The lowest BCUT2D eigenvalue weighted by Crippen LogP contribution is -2.26. The second kappa shape index (κ2) is 8.90. The fraction of sp³-hybridized carbons (Fsp3) is 0.120. The van der Waals surface area contributed by atoms with E-state index in [1.54, 1.807) is 37.1 Å². The van der Waals surface area contributed by atoms with Crippen LogP contribution >= 0.6 is 0 Å². The van der Waals surface area contributed by atoms with Gasteiger partial charge in [0, 0.05) is 30.4 Å². The number of fused-ring (bicyclic) bond motifs is 1. The van der Waals surface area contributed by atoms with Crippen LogP contribution in [0.3, 0.4) is 0 Å². The van der Waals surface area contributed by atoms with E-state index in [1.165, 1.54) is 6.07 Å². The van der Waals surface area contributed by atoms with Gasteiger partial charge in [0.2, 0.25) is 0 Å². The van der Waals surface area contributed by atoms with E-state index >= 15 is 0 Å². The number of carbonyl (C=O) groups is 1. The number of nitrogens with two attached hydrogens (primary N) is 1. The van der Waals surface area contributed by atoms with E-state index in [4.69, 9.17) is 5.73 Å². The molecule has 0 saturated carbocycles. The zero-order valence-electron chi connectivity index (χ0n) is 19.0. The number of rotatable bonds is 5. The summed E-state index contributed by atoms with van der Waals surface area (Å²) in [4.78, 5) is 30.6. The van der Waals surface area contributed by atoms with Crippen molar-refractivity contribution in [3.8, 4) is 22.6 Å². The number of nitrogens with zero attached hydrogens (tertiary/aromatic N) is 6. The Labute approximate surface area is 199 Å². The number of halogens is 1. The normalized spacial score (nSPS) is 11.1. The molecule has 35 heavy (non-hydrogen) atoms. The third kappa shape index (κ3) is 4.41. The highest BCUT2D eigenvalue weighted by molar-refractivity contribution is 5.98. The van der Waals surface area contributed by atoms with Crippen LogP contribution in [0.2, 0.25) is 0 Å². The molecule has 0 spiro atoms. The number of pyridine rings is 2. The Balaban J connectivity index is 1.56. The molecule has 10 heteroatoms. The predicted octanol–water partition coefficient (Wildman–Crippen LogP) is 3.45. The number of nitrogens with one attached hydrogen (secondary N) is 1. The minimum Gasteiger partial charge on any atom is -0.382 e. The average molecular weight is 468 g/mol. The molecule has 0 unspecified atom stereocenters. The van der Waals surface area contributed by atoms with E-state index in [-0.39, 0.29) is 18.1 Å². The number of hydrogen-bond donors (Lipinski definition) is 2. The zero-order chi connectivity index (χ0) is 24.5. The van der Waals surface area contributed by atoms with E-state index < -0.39 is 11.7 Å². The van der Waals surface area contributed by atoms with Gasteiger partial charge in [-0.1, -0.05) is 12.1 Å². The van der Waals surface area contributed by atoms with Crippen molar-refractivity contribution < 1.29 is 9.18 Å². The summed E-state index contributed by atoms with van der Waals surface area (Å²) in [7, 11) is 1.80. The summed E-state index contributed by atoms with van der Waals surface area (Å²) in [5, 5.41) is 8.11. The Morgan fingerprint density at radius 2 is 1.97 bits per heavy atom. The Bertz CT molecular complexity index is 1580. The second-order valence-electron chi connectivity index (χ2n) is 8.04. The van der Waals surface area contributed by atoms with Gasteiger partial charge in [0.1, 0.15) is 17.2 Å². The number of anilines is 1. The zero-order valence-corrected chi connectivity index (χ0v) is 19.0. The van der Waals surface area contributed by atoms with Crippen molar-refractivity contribution >= 4 is 22.6 Å². The van der Waals surface area contributed by atoms with Gasteiger partial charge in [0.05, 0.1) is 29.6 Å². The molecule has 0 bridgehead atoms. The van der Waals surface area contributed by atoms with Crippen molar-refractivity contribution in [2.24, 2.45) is 7.05 Å². The maximum Gasteiger partial charge on any atom is 0.274 e. The van der Waals surface area contributed by atoms with Gasteiger partial charge in [-0.3, -0.25) is 19.4 Å². The minimum absolute atomic E-state index is 0.0225. The molecule has 1 amide bonds. The first-order valence-corrected chi connectivity index (χ1v) is 10.8. The summed E-state index contributed by atoms with van der Waals surface area (Å²) >= 11 is 0. The third-order valence-electron chi connectivity index (χ3n) is 5.54. The summed E-state index contributed by atoms with van der Waals surface area (Å²) < 4.78 is 15.0. The quantitative estimate of drug-likeness (QED) is 0.405. The van der Waals surface area contributed by atoms with Gasteiger partial charge in [0.15, 0.2) is 11.5 Å². The topological polar surface area (TPSA) is 125 Å².